The number of rotatable bonds is 2. The number of terminal acetylenes is 1. The minimum Gasteiger partial charge on any atom is -0.496 e. The third-order valence-corrected chi connectivity index (χ3v) is 2.03. The zero-order valence-electron chi connectivity index (χ0n) is 8.35. The van der Waals surface area contributed by atoms with Crippen molar-refractivity contribution in [3.63, 3.8) is 0 Å². The zero-order chi connectivity index (χ0) is 9.84. The average Bonchev–Trinajstić information content (AvgIpc) is 2.04. The monoisotopic (exact) mass is 174 g/mol. The molecule has 0 spiro atoms. The molecule has 0 aromatic heterocycles. The Kier molecular flexibility index (Phi) is 2.97. The summed E-state index contributed by atoms with van der Waals surface area (Å²) in [5.74, 6) is 3.59. The van der Waals surface area contributed by atoms with E-state index in [1.54, 1.807) is 7.11 Å². The summed E-state index contributed by atoms with van der Waals surface area (Å²) in [6.07, 6.45) is 5.94. The lowest BCUT2D eigenvalue weighted by molar-refractivity contribution is 0.408. The van der Waals surface area contributed by atoms with Gasteiger partial charge in [-0.25, -0.2) is 0 Å². The van der Waals surface area contributed by atoms with Crippen LogP contribution in [0.1, 0.15) is 16.7 Å². The molecule has 1 aromatic carbocycles. The molecule has 0 atom stereocenters. The first kappa shape index (κ1) is 9.67. The molecule has 0 amide bonds. The summed E-state index contributed by atoms with van der Waals surface area (Å²) < 4.78 is 5.26. The second kappa shape index (κ2) is 4.00. The fourth-order valence-corrected chi connectivity index (χ4v) is 1.58. The van der Waals surface area contributed by atoms with Crippen LogP contribution in [0.5, 0.6) is 5.75 Å². The topological polar surface area (TPSA) is 9.23 Å². The van der Waals surface area contributed by atoms with Crippen LogP contribution in [0.25, 0.3) is 0 Å². The van der Waals surface area contributed by atoms with Crippen molar-refractivity contribution < 1.29 is 4.74 Å². The maximum atomic E-state index is 5.26. The summed E-state index contributed by atoms with van der Waals surface area (Å²) >= 11 is 0. The average molecular weight is 174 g/mol. The second-order valence-electron chi connectivity index (χ2n) is 3.14. The van der Waals surface area contributed by atoms with E-state index >= 15 is 0 Å². The van der Waals surface area contributed by atoms with Crippen LogP contribution in [0.4, 0.5) is 0 Å². The molecule has 0 saturated heterocycles. The predicted molar refractivity (Wildman–Crippen MR) is 55.0 cm³/mol. The Morgan fingerprint density at radius 3 is 2.23 bits per heavy atom. The highest BCUT2D eigenvalue weighted by atomic mass is 16.5. The molecule has 0 heterocycles. The molecule has 1 heteroatoms. The second-order valence-corrected chi connectivity index (χ2v) is 3.14. The standard InChI is InChI=1S/C12H14O/c1-5-6-11-7-9(2)12(13-4)10(3)8-11/h1,7-8H,6H2,2-4H3. The molecule has 13 heavy (non-hydrogen) atoms. The SMILES string of the molecule is C#CCc1cc(C)c(OC)c(C)c1. The highest BCUT2D eigenvalue weighted by Crippen LogP contribution is 2.24. The Morgan fingerprint density at radius 1 is 1.31 bits per heavy atom. The Morgan fingerprint density at radius 2 is 1.85 bits per heavy atom. The summed E-state index contributed by atoms with van der Waals surface area (Å²) in [4.78, 5) is 0. The largest absolute Gasteiger partial charge is 0.496 e. The van der Waals surface area contributed by atoms with Crippen LogP contribution in [-0.2, 0) is 6.42 Å². The molecule has 0 saturated carbocycles. The van der Waals surface area contributed by atoms with E-state index in [0.29, 0.717) is 6.42 Å². The van der Waals surface area contributed by atoms with Crippen LogP contribution >= 0.6 is 0 Å². The summed E-state index contributed by atoms with van der Waals surface area (Å²) in [5, 5.41) is 0. The van der Waals surface area contributed by atoms with Gasteiger partial charge in [-0.05, 0) is 30.5 Å². The maximum absolute atomic E-state index is 5.26. The van der Waals surface area contributed by atoms with Gasteiger partial charge in [0.15, 0.2) is 0 Å². The molecular weight excluding hydrogens is 160 g/mol. The van der Waals surface area contributed by atoms with E-state index in [1.165, 1.54) is 5.56 Å². The van der Waals surface area contributed by atoms with E-state index < -0.39 is 0 Å². The molecule has 0 bridgehead atoms. The van der Waals surface area contributed by atoms with Gasteiger partial charge in [0.1, 0.15) is 5.75 Å². The lowest BCUT2D eigenvalue weighted by Gasteiger charge is -2.09. The lowest BCUT2D eigenvalue weighted by atomic mass is 10.0. The van der Waals surface area contributed by atoms with E-state index in [0.717, 1.165) is 16.9 Å². The van der Waals surface area contributed by atoms with E-state index in [-0.39, 0.29) is 0 Å². The summed E-state index contributed by atoms with van der Waals surface area (Å²) in [6, 6.07) is 4.15. The molecule has 0 aliphatic heterocycles. The van der Waals surface area contributed by atoms with Crippen molar-refractivity contribution in [2.45, 2.75) is 20.3 Å². The van der Waals surface area contributed by atoms with E-state index in [4.69, 9.17) is 11.2 Å². The van der Waals surface area contributed by atoms with Crippen molar-refractivity contribution in [2.75, 3.05) is 7.11 Å². The van der Waals surface area contributed by atoms with Gasteiger partial charge in [-0.15, -0.1) is 12.3 Å². The first-order chi connectivity index (χ1) is 6.19. The highest BCUT2D eigenvalue weighted by Gasteiger charge is 2.03. The van der Waals surface area contributed by atoms with Gasteiger partial charge in [0.2, 0.25) is 0 Å². The first-order valence-corrected chi connectivity index (χ1v) is 4.26. The molecule has 0 radical (unpaired) electrons. The van der Waals surface area contributed by atoms with Crippen LogP contribution in [0, 0.1) is 26.2 Å². The maximum Gasteiger partial charge on any atom is 0.124 e. The van der Waals surface area contributed by atoms with Crippen molar-refractivity contribution in [3.8, 4) is 18.1 Å². The number of hydrogen-bond donors (Lipinski definition) is 0. The van der Waals surface area contributed by atoms with Gasteiger partial charge in [-0.2, -0.15) is 0 Å². The van der Waals surface area contributed by atoms with Gasteiger partial charge in [0.05, 0.1) is 7.11 Å². The molecule has 1 aromatic rings. The Hall–Kier alpha value is -1.42. The number of benzene rings is 1. The van der Waals surface area contributed by atoms with Crippen LogP contribution in [0.2, 0.25) is 0 Å². The van der Waals surface area contributed by atoms with Gasteiger partial charge in [-0.3, -0.25) is 0 Å². The number of methoxy groups -OCH3 is 1. The quantitative estimate of drug-likeness (QED) is 0.626. The minimum atomic E-state index is 0.686. The van der Waals surface area contributed by atoms with Gasteiger partial charge in [-0.1, -0.05) is 12.1 Å². The van der Waals surface area contributed by atoms with Gasteiger partial charge in [0, 0.05) is 6.42 Å². The van der Waals surface area contributed by atoms with Gasteiger partial charge >= 0.3 is 0 Å². The van der Waals surface area contributed by atoms with Gasteiger partial charge < -0.3 is 4.74 Å². The van der Waals surface area contributed by atoms with Crippen LogP contribution < -0.4 is 4.74 Å². The highest BCUT2D eigenvalue weighted by molar-refractivity contribution is 5.44. The van der Waals surface area contributed by atoms with Crippen molar-refractivity contribution in [1.29, 1.82) is 0 Å². The number of aryl methyl sites for hydroxylation is 2. The molecule has 0 unspecified atom stereocenters. The molecular formula is C12H14O. The summed E-state index contributed by atoms with van der Waals surface area (Å²) in [5.41, 5.74) is 3.47. The van der Waals surface area contributed by atoms with Crippen molar-refractivity contribution >= 4 is 0 Å². The fourth-order valence-electron chi connectivity index (χ4n) is 1.58. The van der Waals surface area contributed by atoms with E-state index in [2.05, 4.69) is 18.1 Å². The Bertz CT molecular complexity index is 322. The van der Waals surface area contributed by atoms with Crippen LogP contribution in [0.15, 0.2) is 12.1 Å². The van der Waals surface area contributed by atoms with Gasteiger partial charge in [0.25, 0.3) is 0 Å². The van der Waals surface area contributed by atoms with Crippen molar-refractivity contribution in [3.05, 3.63) is 28.8 Å². The fraction of sp³-hybridized carbons (Fsp3) is 0.333. The summed E-state index contributed by atoms with van der Waals surface area (Å²) in [6.45, 7) is 4.07. The lowest BCUT2D eigenvalue weighted by Crippen LogP contribution is -1.93. The molecule has 1 nitrogen and oxygen atoms in total. The molecule has 0 aliphatic carbocycles. The third kappa shape index (κ3) is 2.03. The number of ether oxygens (including phenoxy) is 1. The normalized spacial score (nSPS) is 9.38. The molecule has 0 fully saturated rings. The molecule has 0 aliphatic rings. The Labute approximate surface area is 79.7 Å². The molecule has 0 N–H and O–H groups in total. The predicted octanol–water partition coefficient (Wildman–Crippen LogP) is 2.49. The molecule has 1 rings (SSSR count). The summed E-state index contributed by atoms with van der Waals surface area (Å²) in [7, 11) is 1.69. The minimum absolute atomic E-state index is 0.686. The van der Waals surface area contributed by atoms with E-state index in [9.17, 15) is 0 Å². The van der Waals surface area contributed by atoms with Crippen LogP contribution in [0.3, 0.4) is 0 Å². The van der Waals surface area contributed by atoms with E-state index in [1.807, 2.05) is 13.8 Å². The zero-order valence-corrected chi connectivity index (χ0v) is 8.35. The van der Waals surface area contributed by atoms with Crippen molar-refractivity contribution in [1.82, 2.24) is 0 Å². The van der Waals surface area contributed by atoms with Crippen LogP contribution in [-0.4, -0.2) is 7.11 Å². The first-order valence-electron chi connectivity index (χ1n) is 4.26. The Balaban J connectivity index is 3.14. The third-order valence-electron chi connectivity index (χ3n) is 2.03. The molecule has 68 valence electrons. The number of hydrogen-bond acceptors (Lipinski definition) is 1. The smallest absolute Gasteiger partial charge is 0.124 e. The van der Waals surface area contributed by atoms with Crippen molar-refractivity contribution in [2.24, 2.45) is 0 Å².